The van der Waals surface area contributed by atoms with E-state index in [0.29, 0.717) is 47.5 Å². The fourth-order valence-electron chi connectivity index (χ4n) is 4.75. The van der Waals surface area contributed by atoms with E-state index in [-0.39, 0.29) is 18.2 Å². The number of aliphatic carboxylic acids is 1. The number of piperidine rings is 1. The summed E-state index contributed by atoms with van der Waals surface area (Å²) in [7, 11) is 0. The maximum absolute atomic E-state index is 14.7. The third kappa shape index (κ3) is 5.77. The smallest absolute Gasteiger partial charge is 0.310 e. The highest BCUT2D eigenvalue weighted by Gasteiger charge is 2.45. The van der Waals surface area contributed by atoms with E-state index in [0.717, 1.165) is 17.8 Å². The van der Waals surface area contributed by atoms with Gasteiger partial charge in [-0.15, -0.1) is 0 Å². The average Bonchev–Trinajstić information content (AvgIpc) is 3.22. The number of benzene rings is 1. The summed E-state index contributed by atoms with van der Waals surface area (Å²) in [6.45, 7) is 5.19. The van der Waals surface area contributed by atoms with Crippen LogP contribution in [-0.2, 0) is 17.6 Å². The fraction of sp³-hybridized carbons (Fsp3) is 0.400. The lowest BCUT2D eigenvalue weighted by Crippen LogP contribution is -2.50. The molecule has 0 spiro atoms. The lowest BCUT2D eigenvalue weighted by atomic mass is 9.72. The number of nitrogens with zero attached hydrogens (tertiary/aromatic N) is 3. The van der Waals surface area contributed by atoms with Crippen molar-refractivity contribution in [1.29, 1.82) is 0 Å². The lowest BCUT2D eigenvalue weighted by Gasteiger charge is -2.43. The van der Waals surface area contributed by atoms with Crippen LogP contribution in [0.4, 0.5) is 16.0 Å². The third-order valence-electron chi connectivity index (χ3n) is 6.73. The number of aryl methyl sites for hydroxylation is 1. The maximum Gasteiger partial charge on any atom is 0.310 e. The lowest BCUT2D eigenvalue weighted by molar-refractivity contribution is -0.153. The van der Waals surface area contributed by atoms with E-state index < -0.39 is 17.2 Å². The van der Waals surface area contributed by atoms with Crippen LogP contribution in [0.1, 0.15) is 36.7 Å². The first-order valence-corrected chi connectivity index (χ1v) is 12.3. The van der Waals surface area contributed by atoms with Gasteiger partial charge in [-0.2, -0.15) is 5.10 Å². The van der Waals surface area contributed by atoms with Gasteiger partial charge in [0.2, 0.25) is 0 Å². The van der Waals surface area contributed by atoms with Gasteiger partial charge in [-0.25, -0.2) is 9.37 Å². The molecule has 1 aliphatic heterocycles. The molecule has 0 aliphatic carbocycles. The van der Waals surface area contributed by atoms with Crippen molar-refractivity contribution in [2.24, 2.45) is 5.41 Å². The van der Waals surface area contributed by atoms with Crippen LogP contribution in [0.3, 0.4) is 0 Å². The van der Waals surface area contributed by atoms with Crippen LogP contribution in [0, 0.1) is 18.2 Å². The van der Waals surface area contributed by atoms with E-state index >= 15 is 0 Å². The van der Waals surface area contributed by atoms with Gasteiger partial charge in [-0.05, 0) is 63.4 Å². The Morgan fingerprint density at radius 3 is 2.80 bits per heavy atom. The van der Waals surface area contributed by atoms with Crippen molar-refractivity contribution in [1.82, 2.24) is 20.1 Å². The Labute approximate surface area is 213 Å². The van der Waals surface area contributed by atoms with Crippen LogP contribution in [0.5, 0.6) is 0 Å². The number of aromatic nitrogens is 3. The quantitative estimate of drug-likeness (QED) is 0.356. The summed E-state index contributed by atoms with van der Waals surface area (Å²) in [5, 5.41) is 21.2. The van der Waals surface area contributed by atoms with Gasteiger partial charge in [-0.3, -0.25) is 9.89 Å². The molecule has 0 unspecified atom stereocenters. The Bertz CT molecular complexity index is 1220. The number of H-pyrrole nitrogens is 1. The van der Waals surface area contributed by atoms with Crippen molar-refractivity contribution in [3.63, 3.8) is 0 Å². The van der Waals surface area contributed by atoms with Crippen LogP contribution in [0.2, 0.25) is 10.0 Å². The zero-order valence-electron chi connectivity index (χ0n) is 19.6. The summed E-state index contributed by atoms with van der Waals surface area (Å²) in [6.07, 6.45) is 1.51. The van der Waals surface area contributed by atoms with E-state index in [9.17, 15) is 14.3 Å². The summed E-state index contributed by atoms with van der Waals surface area (Å²) >= 11 is 12.4. The molecule has 7 nitrogen and oxygen atoms in total. The number of anilines is 2. The Kier molecular flexibility index (Phi) is 7.64. The summed E-state index contributed by atoms with van der Waals surface area (Å²) in [4.78, 5) is 19.1. The minimum atomic E-state index is -1.10. The maximum atomic E-state index is 14.7. The van der Waals surface area contributed by atoms with E-state index in [1.165, 1.54) is 12.1 Å². The predicted octanol–water partition coefficient (Wildman–Crippen LogP) is 5.64. The van der Waals surface area contributed by atoms with Crippen LogP contribution >= 0.6 is 23.2 Å². The Hall–Kier alpha value is -2.68. The topological polar surface area (TPSA) is 94.1 Å². The highest BCUT2D eigenvalue weighted by Crippen LogP contribution is 2.39. The first-order chi connectivity index (χ1) is 16.7. The highest BCUT2D eigenvalue weighted by molar-refractivity contribution is 6.42. The van der Waals surface area contributed by atoms with Crippen LogP contribution < -0.4 is 5.32 Å². The molecule has 0 bridgehead atoms. The second-order valence-electron chi connectivity index (χ2n) is 9.25. The number of halogens is 3. The number of carboxylic acids is 1. The van der Waals surface area contributed by atoms with Crippen molar-refractivity contribution in [2.75, 3.05) is 18.4 Å². The molecule has 1 fully saturated rings. The van der Waals surface area contributed by atoms with Crippen LogP contribution in [0.15, 0.2) is 36.4 Å². The summed E-state index contributed by atoms with van der Waals surface area (Å²) in [5.41, 5.74) is 0.872. The van der Waals surface area contributed by atoms with E-state index in [2.05, 4.69) is 25.4 Å². The molecular formula is C25H28Cl2FN5O2. The Balaban J connectivity index is 1.46. The van der Waals surface area contributed by atoms with Gasteiger partial charge in [0, 0.05) is 30.8 Å². The normalized spacial score (nSPS) is 20.7. The van der Waals surface area contributed by atoms with Gasteiger partial charge in [0.05, 0.1) is 21.2 Å². The molecule has 1 aromatic carbocycles. The summed E-state index contributed by atoms with van der Waals surface area (Å²) in [6, 6.07) is 10.2. The third-order valence-corrected chi connectivity index (χ3v) is 7.59. The van der Waals surface area contributed by atoms with Gasteiger partial charge >= 0.3 is 5.97 Å². The molecule has 10 heteroatoms. The van der Waals surface area contributed by atoms with Gasteiger partial charge < -0.3 is 15.3 Å². The van der Waals surface area contributed by atoms with Crippen molar-refractivity contribution >= 4 is 40.8 Å². The molecular weight excluding hydrogens is 492 g/mol. The van der Waals surface area contributed by atoms with Crippen LogP contribution in [-0.4, -0.2) is 50.3 Å². The number of carboxylic acid groups (broad SMARTS) is 1. The average molecular weight is 520 g/mol. The second-order valence-corrected chi connectivity index (χ2v) is 10.0. The number of hydrogen-bond donors (Lipinski definition) is 3. The number of rotatable bonds is 8. The molecule has 186 valence electrons. The van der Waals surface area contributed by atoms with Crippen molar-refractivity contribution in [3.8, 4) is 0 Å². The molecule has 4 rings (SSSR count). The number of nitrogens with one attached hydrogen (secondary N) is 2. The molecule has 3 N–H and O–H groups in total. The van der Waals surface area contributed by atoms with E-state index in [1.54, 1.807) is 12.1 Å². The van der Waals surface area contributed by atoms with Crippen molar-refractivity contribution in [2.45, 2.75) is 45.6 Å². The molecule has 0 radical (unpaired) electrons. The second kappa shape index (κ2) is 10.5. The highest BCUT2D eigenvalue weighted by atomic mass is 35.5. The van der Waals surface area contributed by atoms with Crippen LogP contribution in [0.25, 0.3) is 0 Å². The SMILES string of the molecule is Cc1cc(Nc2ccc(F)c(C[C@@]3(C(=O)O)CCN(CCc4cccc(Cl)c4Cl)[C@H](C)C3)n2)n[nH]1. The molecule has 2 aromatic heterocycles. The zero-order chi connectivity index (χ0) is 25.2. The monoisotopic (exact) mass is 519 g/mol. The molecule has 1 aliphatic rings. The van der Waals surface area contributed by atoms with Crippen molar-refractivity contribution < 1.29 is 14.3 Å². The standard InChI is InChI=1S/C25H28Cl2FN5O2/c1-15-12-22(32-31-15)30-21-7-6-19(28)20(29-21)14-25(24(34)35)9-11-33(16(2)13-25)10-8-17-4-3-5-18(26)23(17)27/h3-7,12,16H,8-11,13-14H2,1-2H3,(H,34,35)(H2,29,30,31,32)/t16-,25-/m1/s1. The van der Waals surface area contributed by atoms with Gasteiger partial charge in [0.15, 0.2) is 5.82 Å². The Morgan fingerprint density at radius 1 is 1.31 bits per heavy atom. The Morgan fingerprint density at radius 2 is 2.11 bits per heavy atom. The summed E-state index contributed by atoms with van der Waals surface area (Å²) in [5.74, 6) is -0.469. The van der Waals surface area contributed by atoms with Gasteiger partial charge in [0.1, 0.15) is 11.6 Å². The predicted molar refractivity (Wildman–Crippen MR) is 135 cm³/mol. The molecule has 3 heterocycles. The summed E-state index contributed by atoms with van der Waals surface area (Å²) < 4.78 is 14.7. The molecule has 3 aromatic rings. The first-order valence-electron chi connectivity index (χ1n) is 11.5. The van der Waals surface area contributed by atoms with E-state index in [4.69, 9.17) is 23.2 Å². The number of pyridine rings is 1. The van der Waals surface area contributed by atoms with Crippen molar-refractivity contribution in [3.05, 3.63) is 69.2 Å². The number of aromatic amines is 1. The number of carbonyl (C=O) groups is 1. The molecule has 0 amide bonds. The van der Waals surface area contributed by atoms with Gasteiger partial charge in [-0.1, -0.05) is 35.3 Å². The largest absolute Gasteiger partial charge is 0.481 e. The first kappa shape index (κ1) is 25.4. The van der Waals surface area contributed by atoms with Gasteiger partial charge in [0.25, 0.3) is 0 Å². The minimum absolute atomic E-state index is 0.00536. The molecule has 35 heavy (non-hydrogen) atoms. The number of hydrogen-bond acceptors (Lipinski definition) is 5. The zero-order valence-corrected chi connectivity index (χ0v) is 21.1. The fourth-order valence-corrected chi connectivity index (χ4v) is 5.17. The molecule has 2 atom stereocenters. The van der Waals surface area contributed by atoms with E-state index in [1.807, 2.05) is 26.0 Å². The number of likely N-dealkylation sites (tertiary alicyclic amines) is 1. The molecule has 1 saturated heterocycles. The minimum Gasteiger partial charge on any atom is -0.481 e. The molecule has 0 saturated carbocycles.